The first-order chi connectivity index (χ1) is 49.7. The molecule has 0 saturated carbocycles. The van der Waals surface area contributed by atoms with Crippen molar-refractivity contribution < 1.29 is 9.47 Å². The molecule has 15 rings (SSSR count). The Labute approximate surface area is 634 Å². The van der Waals surface area contributed by atoms with Crippen LogP contribution in [0.3, 0.4) is 0 Å². The third kappa shape index (κ3) is 20.5. The van der Waals surface area contributed by atoms with Gasteiger partial charge in [0, 0.05) is 242 Å². The molecule has 0 aliphatic carbocycles. The minimum absolute atomic E-state index is 0.154. The normalized spacial score (nSPS) is 18.9. The molecule has 3 saturated heterocycles. The maximum Gasteiger partial charge on any atom is 0.232 e. The van der Waals surface area contributed by atoms with Crippen LogP contribution >= 0.6 is 0 Å². The summed E-state index contributed by atoms with van der Waals surface area (Å²) in [4.78, 5) is 79.7. The van der Waals surface area contributed by atoms with Gasteiger partial charge in [-0.2, -0.15) is 0 Å². The van der Waals surface area contributed by atoms with Gasteiger partial charge in [-0.1, -0.05) is 6.92 Å². The van der Waals surface area contributed by atoms with Gasteiger partial charge in [-0.05, 0) is 158 Å². The summed E-state index contributed by atoms with van der Waals surface area (Å²) >= 11 is 0. The molecule has 9 aliphatic rings. The van der Waals surface area contributed by atoms with Gasteiger partial charge in [-0.15, -0.1) is 0 Å². The molecule has 1 unspecified atom stereocenters. The molecule has 0 amide bonds. The van der Waals surface area contributed by atoms with Crippen LogP contribution < -0.4 is 29.8 Å². The number of morpholine rings is 1. The molecule has 0 aromatic carbocycles. The van der Waals surface area contributed by atoms with Crippen molar-refractivity contribution in [2.75, 3.05) is 110 Å². The lowest BCUT2D eigenvalue weighted by Gasteiger charge is -2.38. The summed E-state index contributed by atoms with van der Waals surface area (Å²) in [6, 6.07) is 0.600. The highest BCUT2D eigenvalue weighted by atomic mass is 16.5. The second-order valence-corrected chi connectivity index (χ2v) is 35.7. The molecule has 0 radical (unpaired) electrons. The highest BCUT2D eigenvalue weighted by molar-refractivity contribution is 5.43. The third-order valence-corrected chi connectivity index (χ3v) is 21.3. The van der Waals surface area contributed by atoms with Crippen LogP contribution in [0.15, 0.2) is 49.6 Å². The maximum absolute atomic E-state index is 5.37. The van der Waals surface area contributed by atoms with Gasteiger partial charge >= 0.3 is 0 Å². The summed E-state index contributed by atoms with van der Waals surface area (Å²) in [5.41, 5.74) is 15.8. The molecular formula is C80H128N24O2. The van der Waals surface area contributed by atoms with E-state index in [9.17, 15) is 0 Å². The van der Waals surface area contributed by atoms with Crippen LogP contribution in [0, 0.1) is 0 Å². The van der Waals surface area contributed by atoms with E-state index in [0.717, 1.165) is 173 Å². The first-order valence-electron chi connectivity index (χ1n) is 38.6. The third-order valence-electron chi connectivity index (χ3n) is 21.3. The number of anilines is 6. The van der Waals surface area contributed by atoms with E-state index < -0.39 is 0 Å². The van der Waals surface area contributed by atoms with Gasteiger partial charge in [-0.3, -0.25) is 34.3 Å². The minimum Gasteiger partial charge on any atom is -0.477 e. The fraction of sp³-hybridized carbons (Fsp3) is 0.675. The van der Waals surface area contributed by atoms with E-state index in [1.54, 1.807) is 0 Å². The summed E-state index contributed by atoms with van der Waals surface area (Å²) < 4.78 is 10.7. The molecule has 6 aromatic rings. The molecule has 9 aliphatic heterocycles. The number of hydrogen-bond acceptors (Lipinski definition) is 26. The van der Waals surface area contributed by atoms with Crippen molar-refractivity contribution in [3.8, 4) is 0 Å². The van der Waals surface area contributed by atoms with E-state index in [0.29, 0.717) is 24.5 Å². The molecule has 26 nitrogen and oxygen atoms in total. The van der Waals surface area contributed by atoms with E-state index in [-0.39, 0.29) is 33.2 Å². The predicted molar refractivity (Wildman–Crippen MR) is 425 cm³/mol. The number of ether oxygens (including phenoxy) is 2. The number of fused-ring (bicyclic) bond motifs is 6. The molecule has 1 N–H and O–H groups in total. The maximum atomic E-state index is 5.37. The summed E-state index contributed by atoms with van der Waals surface area (Å²) in [5, 5.41) is 3.24. The van der Waals surface area contributed by atoms with Crippen molar-refractivity contribution >= 4 is 35.7 Å². The van der Waals surface area contributed by atoms with Gasteiger partial charge < -0.3 is 34.4 Å². The van der Waals surface area contributed by atoms with Crippen molar-refractivity contribution in [1.29, 1.82) is 0 Å². The Balaban J connectivity index is 0.000000136. The fourth-order valence-corrected chi connectivity index (χ4v) is 13.2. The summed E-state index contributed by atoms with van der Waals surface area (Å²) in [5.74, 6) is 5.53. The Morgan fingerprint density at radius 3 is 1.15 bits per heavy atom. The van der Waals surface area contributed by atoms with Crippen LogP contribution in [0.25, 0.3) is 0 Å². The van der Waals surface area contributed by atoms with Gasteiger partial charge in [0.2, 0.25) is 35.7 Å². The first kappa shape index (κ1) is 81.1. The lowest BCUT2D eigenvalue weighted by Crippen LogP contribution is -2.46. The van der Waals surface area contributed by atoms with E-state index in [1.807, 2.05) is 68.1 Å². The average Bonchev–Trinajstić information content (AvgIpc) is 1.65. The molecule has 26 heteroatoms. The fourth-order valence-electron chi connectivity index (χ4n) is 13.2. The summed E-state index contributed by atoms with van der Waals surface area (Å²) in [6.45, 7) is 69.7. The van der Waals surface area contributed by atoms with Crippen molar-refractivity contribution in [1.82, 2.24) is 89.2 Å². The van der Waals surface area contributed by atoms with E-state index >= 15 is 0 Å². The van der Waals surface area contributed by atoms with Crippen molar-refractivity contribution in [2.24, 2.45) is 0 Å². The zero-order valence-corrected chi connectivity index (χ0v) is 69.1. The van der Waals surface area contributed by atoms with E-state index in [2.05, 4.69) is 251 Å². The molecular weight excluding hydrogens is 1330 g/mol. The largest absolute Gasteiger partial charge is 0.477 e. The number of hydrogen-bond donors (Lipinski definition) is 1. The Hall–Kier alpha value is -7.46. The Kier molecular flexibility index (Phi) is 25.4. The quantitative estimate of drug-likeness (QED) is 0.142. The van der Waals surface area contributed by atoms with Gasteiger partial charge in [0.1, 0.15) is 6.61 Å². The monoisotopic (exact) mass is 1460 g/mol. The number of nitrogens with zero attached hydrogens (tertiary/aromatic N) is 23. The van der Waals surface area contributed by atoms with Crippen LogP contribution in [-0.2, 0) is 88.0 Å². The van der Waals surface area contributed by atoms with Gasteiger partial charge in [0.15, 0.2) is 5.88 Å². The lowest BCUT2D eigenvalue weighted by molar-refractivity contribution is 0.122. The number of aromatic nitrogens is 12. The molecule has 106 heavy (non-hydrogen) atoms. The summed E-state index contributed by atoms with van der Waals surface area (Å²) in [7, 11) is 5.97. The second-order valence-electron chi connectivity index (χ2n) is 35.7. The van der Waals surface area contributed by atoms with Crippen molar-refractivity contribution in [3.63, 3.8) is 0 Å². The van der Waals surface area contributed by atoms with Crippen molar-refractivity contribution in [3.05, 3.63) is 117 Å². The average molecular weight is 1460 g/mol. The molecule has 3 fully saturated rings. The predicted octanol–water partition coefficient (Wildman–Crippen LogP) is 11.6. The zero-order chi connectivity index (χ0) is 77.0. The Bertz CT molecular complexity index is 3950. The second kappa shape index (κ2) is 33.2. The molecule has 15 heterocycles. The molecule has 1 atom stereocenters. The Morgan fingerprint density at radius 1 is 0.425 bits per heavy atom. The van der Waals surface area contributed by atoms with Crippen LogP contribution in [-0.4, -0.2) is 209 Å². The van der Waals surface area contributed by atoms with Gasteiger partial charge in [-0.25, -0.2) is 59.8 Å². The Morgan fingerprint density at radius 2 is 0.783 bits per heavy atom. The molecule has 580 valence electrons. The standard InChI is InChI=1S/C14H20N4O.C14H22N4O.C14H22N4.2C13H22N4.C12H20N4/c1-10-18(5-6-19-10)13-15-7-11-8-17(14(2,3)4)9-12(11)16-13;1-14(2,3)18-9-11-8-15-13(16-12(11)10-18)17-4-6-19-7-5-17;1-10-5-6-18(10)13-15-7-11-8-17(14(2,3)4)9-12(11)16-13;1-6-16(5)12-14-7-10-8-17(13(2,3)4)9-11(10)15-12;1-5-6-14-12-15-7-10-8-17(13(2,3)4)9-11(10)16-12;1-12(2,3)16-7-9-6-13-11(15(4)5)14-10(9)8-16/h7H,1,5-6,8-9H2,2-4H3;8H,4-7,9-10H2,1-3H3;7,10H,5-6,8-9H2,1-4H3;7H,6,8-9H2,1-5H3;7H,5-6,8-9H2,1-4H3,(H,14,15,16);6H,7-8H2,1-5H3. The SMILES string of the molecule is C=C1OCCN1c1ncc2c(n1)CN(C(C)(C)C)C2.CC(C)(C)N1Cc2cnc(N3CCOCC3)nc2C1.CC1CCN1c1ncc2c(n1)CN(C(C)(C)C)C2.CCCNc1ncc2c(n1)CN(C(C)(C)C)C2.CCN(C)c1ncc2c(n1)CN(C(C)(C)C)C2.CN(C)c1ncc2c(n1)CN(C(C)(C)C)C2. The highest BCUT2D eigenvalue weighted by Crippen LogP contribution is 2.36. The van der Waals surface area contributed by atoms with Crippen LogP contribution in [0.2, 0.25) is 0 Å². The number of rotatable bonds is 9. The van der Waals surface area contributed by atoms with Crippen LogP contribution in [0.4, 0.5) is 35.7 Å². The van der Waals surface area contributed by atoms with Gasteiger partial charge in [0.25, 0.3) is 0 Å². The van der Waals surface area contributed by atoms with Crippen molar-refractivity contribution in [2.45, 2.75) is 276 Å². The highest BCUT2D eigenvalue weighted by Gasteiger charge is 2.37. The van der Waals surface area contributed by atoms with E-state index in [1.165, 1.54) is 68.3 Å². The molecule has 0 spiro atoms. The minimum atomic E-state index is 0.154. The summed E-state index contributed by atoms with van der Waals surface area (Å²) in [6.07, 6.45) is 14.2. The van der Waals surface area contributed by atoms with Gasteiger partial charge in [0.05, 0.1) is 53.9 Å². The number of nitrogens with one attached hydrogen (secondary N) is 1. The molecule has 6 aromatic heterocycles. The van der Waals surface area contributed by atoms with E-state index in [4.69, 9.17) is 19.4 Å². The lowest BCUT2D eigenvalue weighted by atomic mass is 10.1. The molecule has 0 bridgehead atoms. The van der Waals surface area contributed by atoms with Crippen LogP contribution in [0.5, 0.6) is 0 Å². The zero-order valence-electron chi connectivity index (χ0n) is 69.1. The first-order valence-corrected chi connectivity index (χ1v) is 38.6. The van der Waals surface area contributed by atoms with Crippen LogP contribution in [0.1, 0.15) is 226 Å². The topological polar surface area (TPSA) is 221 Å². The smallest absolute Gasteiger partial charge is 0.232 e.